The first kappa shape index (κ1) is 17.7. The van der Waals surface area contributed by atoms with Crippen molar-refractivity contribution in [2.24, 2.45) is 0 Å². The number of nitrogens with one attached hydrogen (secondary N) is 1. The summed E-state index contributed by atoms with van der Waals surface area (Å²) in [5.41, 5.74) is 0.844. The first-order valence-electron chi connectivity index (χ1n) is 6.81. The van der Waals surface area contributed by atoms with Crippen LogP contribution in [0.1, 0.15) is 19.4 Å². The third-order valence-corrected chi connectivity index (χ3v) is 4.64. The smallest absolute Gasteiger partial charge is 0.340 e. The van der Waals surface area contributed by atoms with Crippen LogP contribution < -0.4 is 10.1 Å². The van der Waals surface area contributed by atoms with E-state index in [1.54, 1.807) is 21.0 Å². The lowest BCUT2D eigenvalue weighted by atomic mass is 10.2. The van der Waals surface area contributed by atoms with Gasteiger partial charge in [0.2, 0.25) is 5.91 Å². The van der Waals surface area contributed by atoms with Crippen LogP contribution in [-0.2, 0) is 25.0 Å². The number of hydrogen-bond acceptors (Lipinski definition) is 5. The summed E-state index contributed by atoms with van der Waals surface area (Å²) in [5.74, 6) is 0.307. The molecule has 0 aliphatic carbocycles. The maximum Gasteiger partial charge on any atom is 0.340 e. The van der Waals surface area contributed by atoms with Crippen LogP contribution in [0.15, 0.2) is 24.3 Å². The van der Waals surface area contributed by atoms with E-state index in [1.165, 1.54) is 0 Å². The third kappa shape index (κ3) is 5.87. The number of carbonyl (C=O) groups excluding carboxylic acids is 1. The molecule has 1 N–H and O–H groups in total. The molecule has 6 nitrogen and oxygen atoms in total. The van der Waals surface area contributed by atoms with Gasteiger partial charge in [-0.3, -0.25) is 9.36 Å². The van der Waals surface area contributed by atoms with Gasteiger partial charge in [-0.15, -0.1) is 0 Å². The molecule has 1 rings (SSSR count). The summed E-state index contributed by atoms with van der Waals surface area (Å²) < 4.78 is 27.6. The van der Waals surface area contributed by atoms with E-state index in [2.05, 4.69) is 5.32 Å². The van der Waals surface area contributed by atoms with Crippen LogP contribution in [0.3, 0.4) is 0 Å². The molecular formula is C14H22NO5P. The zero-order valence-electron chi connectivity index (χ0n) is 12.6. The molecule has 0 aliphatic rings. The molecule has 7 heteroatoms. The Hall–Kier alpha value is -1.36. The Morgan fingerprint density at radius 3 is 2.38 bits per heavy atom. The average molecular weight is 315 g/mol. The number of rotatable bonds is 9. The molecule has 21 heavy (non-hydrogen) atoms. The maximum absolute atomic E-state index is 12.2. The summed E-state index contributed by atoms with van der Waals surface area (Å²) in [6.07, 6.45) is -0.288. The first-order chi connectivity index (χ1) is 10.0. The number of hydrogen-bond donors (Lipinski definition) is 1. The second kappa shape index (κ2) is 8.82. The molecule has 0 aliphatic heterocycles. The van der Waals surface area contributed by atoms with E-state index < -0.39 is 7.60 Å². The molecule has 0 bridgehead atoms. The van der Waals surface area contributed by atoms with Crippen molar-refractivity contribution in [3.63, 3.8) is 0 Å². The van der Waals surface area contributed by atoms with Gasteiger partial charge in [0.1, 0.15) is 11.9 Å². The van der Waals surface area contributed by atoms with E-state index in [4.69, 9.17) is 13.8 Å². The summed E-state index contributed by atoms with van der Waals surface area (Å²) in [7, 11) is -1.79. The molecule has 0 unspecified atom stereocenters. The van der Waals surface area contributed by atoms with Crippen LogP contribution in [0.4, 0.5) is 0 Å². The molecule has 0 saturated carbocycles. The summed E-state index contributed by atoms with van der Waals surface area (Å²) >= 11 is 0. The minimum absolute atomic E-state index is 0.233. The van der Waals surface area contributed by atoms with Gasteiger partial charge in [-0.25, -0.2) is 0 Å². The first-order valence-corrected chi connectivity index (χ1v) is 8.54. The Morgan fingerprint density at radius 2 is 1.81 bits per heavy atom. The van der Waals surface area contributed by atoms with Gasteiger partial charge in [0.05, 0.1) is 20.3 Å². The molecule has 1 aromatic rings. The molecule has 118 valence electrons. The van der Waals surface area contributed by atoms with Gasteiger partial charge in [0.25, 0.3) is 0 Å². The van der Waals surface area contributed by atoms with E-state index in [1.807, 2.05) is 24.3 Å². The highest BCUT2D eigenvalue weighted by molar-refractivity contribution is 7.54. The normalized spacial score (nSPS) is 11.2. The van der Waals surface area contributed by atoms with Crippen molar-refractivity contribution in [3.05, 3.63) is 29.8 Å². The van der Waals surface area contributed by atoms with Crippen molar-refractivity contribution >= 4 is 13.5 Å². The molecule has 1 aromatic carbocycles. The fourth-order valence-corrected chi connectivity index (χ4v) is 3.30. The fraction of sp³-hybridized carbons (Fsp3) is 0.500. The minimum Gasteiger partial charge on any atom is -0.496 e. The summed E-state index contributed by atoms with van der Waals surface area (Å²) in [6.45, 7) is 4.17. The molecular weight excluding hydrogens is 293 g/mol. The Balaban J connectivity index is 2.59. The number of ether oxygens (including phenoxy) is 1. The lowest BCUT2D eigenvalue weighted by molar-refractivity contribution is -0.119. The number of methoxy groups -OCH3 is 1. The molecule has 0 aromatic heterocycles. The number of carbonyl (C=O) groups is 1. The molecule has 0 heterocycles. The van der Waals surface area contributed by atoms with Crippen LogP contribution in [0.5, 0.6) is 5.75 Å². The Kier molecular flexibility index (Phi) is 7.43. The molecule has 1 amide bonds. The van der Waals surface area contributed by atoms with Crippen molar-refractivity contribution in [3.8, 4) is 5.75 Å². The van der Waals surface area contributed by atoms with Crippen molar-refractivity contribution in [1.29, 1.82) is 0 Å². The molecule has 0 spiro atoms. The van der Waals surface area contributed by atoms with Crippen LogP contribution >= 0.6 is 7.60 Å². The van der Waals surface area contributed by atoms with Gasteiger partial charge in [-0.2, -0.15) is 0 Å². The topological polar surface area (TPSA) is 73.9 Å². The van der Waals surface area contributed by atoms with Crippen LogP contribution in [-0.4, -0.2) is 32.4 Å². The van der Waals surface area contributed by atoms with Gasteiger partial charge in [-0.1, -0.05) is 18.2 Å². The molecule has 0 saturated heterocycles. The van der Waals surface area contributed by atoms with E-state index in [9.17, 15) is 9.36 Å². The van der Waals surface area contributed by atoms with Gasteiger partial charge in [0.15, 0.2) is 0 Å². The quantitative estimate of drug-likeness (QED) is 0.709. The molecule has 0 fully saturated rings. The SMILES string of the molecule is CCOP(=O)(CC(=O)NCc1ccccc1OC)OCC. The predicted octanol–water partition coefficient (Wildman–Crippen LogP) is 2.58. The van der Waals surface area contributed by atoms with E-state index in [0.29, 0.717) is 12.3 Å². The molecule has 0 atom stereocenters. The summed E-state index contributed by atoms with van der Waals surface area (Å²) in [4.78, 5) is 11.9. The zero-order valence-corrected chi connectivity index (χ0v) is 13.5. The van der Waals surface area contributed by atoms with E-state index in [-0.39, 0.29) is 25.3 Å². The number of amides is 1. The third-order valence-electron chi connectivity index (χ3n) is 2.66. The second-order valence-electron chi connectivity index (χ2n) is 4.19. The predicted molar refractivity (Wildman–Crippen MR) is 80.6 cm³/mol. The van der Waals surface area contributed by atoms with Gasteiger partial charge in [-0.05, 0) is 19.9 Å². The summed E-state index contributed by atoms with van der Waals surface area (Å²) in [6, 6.07) is 7.37. The highest BCUT2D eigenvalue weighted by Crippen LogP contribution is 2.47. The lowest BCUT2D eigenvalue weighted by Gasteiger charge is -2.16. The Bertz CT molecular complexity index is 496. The lowest BCUT2D eigenvalue weighted by Crippen LogP contribution is -2.27. The van der Waals surface area contributed by atoms with E-state index >= 15 is 0 Å². The van der Waals surface area contributed by atoms with Crippen molar-refractivity contribution in [2.45, 2.75) is 20.4 Å². The minimum atomic E-state index is -3.36. The van der Waals surface area contributed by atoms with Crippen molar-refractivity contribution < 1.29 is 23.1 Å². The highest BCUT2D eigenvalue weighted by Gasteiger charge is 2.27. The second-order valence-corrected chi connectivity index (χ2v) is 6.25. The zero-order chi connectivity index (χ0) is 15.7. The van der Waals surface area contributed by atoms with Gasteiger partial charge in [0, 0.05) is 12.1 Å². The maximum atomic E-state index is 12.2. The molecule has 0 radical (unpaired) electrons. The van der Waals surface area contributed by atoms with E-state index in [0.717, 1.165) is 5.56 Å². The van der Waals surface area contributed by atoms with Crippen LogP contribution in [0, 0.1) is 0 Å². The fourth-order valence-electron chi connectivity index (χ4n) is 1.80. The Morgan fingerprint density at radius 1 is 1.19 bits per heavy atom. The van der Waals surface area contributed by atoms with Crippen molar-refractivity contribution in [2.75, 3.05) is 26.5 Å². The number of benzene rings is 1. The monoisotopic (exact) mass is 315 g/mol. The van der Waals surface area contributed by atoms with Gasteiger partial charge < -0.3 is 19.1 Å². The number of para-hydroxylation sites is 1. The average Bonchev–Trinajstić information content (AvgIpc) is 2.45. The van der Waals surface area contributed by atoms with Gasteiger partial charge >= 0.3 is 7.60 Å². The van der Waals surface area contributed by atoms with Crippen LogP contribution in [0.2, 0.25) is 0 Å². The summed E-state index contributed by atoms with van der Waals surface area (Å²) in [5, 5.41) is 2.70. The van der Waals surface area contributed by atoms with Crippen LogP contribution in [0.25, 0.3) is 0 Å². The highest BCUT2D eigenvalue weighted by atomic mass is 31.2. The largest absolute Gasteiger partial charge is 0.496 e. The van der Waals surface area contributed by atoms with Crippen molar-refractivity contribution in [1.82, 2.24) is 5.32 Å². The Labute approximate surface area is 125 Å². The standard InChI is InChI=1S/C14H22NO5P/c1-4-19-21(17,20-5-2)11-14(16)15-10-12-8-6-7-9-13(12)18-3/h6-9H,4-5,10-11H2,1-3H3,(H,15,16).